The van der Waals surface area contributed by atoms with E-state index in [2.05, 4.69) is 20.5 Å². The van der Waals surface area contributed by atoms with Crippen molar-refractivity contribution >= 4 is 11.3 Å². The van der Waals surface area contributed by atoms with E-state index in [1.165, 1.54) is 12.1 Å². The zero-order valence-corrected chi connectivity index (χ0v) is 13.0. The van der Waals surface area contributed by atoms with Crippen molar-refractivity contribution in [3.63, 3.8) is 0 Å². The number of piperazine rings is 1. The van der Waals surface area contributed by atoms with Crippen molar-refractivity contribution in [1.82, 2.24) is 9.38 Å². The van der Waals surface area contributed by atoms with Crippen molar-refractivity contribution in [2.24, 2.45) is 0 Å². The summed E-state index contributed by atoms with van der Waals surface area (Å²) in [7, 11) is 0. The number of anilines is 1. The number of benzene rings is 1. The molecule has 0 atom stereocenters. The number of fused-ring (bicyclic) bond motifs is 1. The summed E-state index contributed by atoms with van der Waals surface area (Å²) in [5, 5.41) is 0. The van der Waals surface area contributed by atoms with Gasteiger partial charge in [0.15, 0.2) is 0 Å². The van der Waals surface area contributed by atoms with E-state index in [9.17, 15) is 4.39 Å². The van der Waals surface area contributed by atoms with Crippen molar-refractivity contribution in [2.75, 3.05) is 31.1 Å². The highest BCUT2D eigenvalue weighted by Crippen LogP contribution is 2.14. The highest BCUT2D eigenvalue weighted by molar-refractivity contribution is 5.46. The van der Waals surface area contributed by atoms with E-state index in [4.69, 9.17) is 0 Å². The van der Waals surface area contributed by atoms with Gasteiger partial charge in [0.1, 0.15) is 23.7 Å². The van der Waals surface area contributed by atoms with Crippen LogP contribution >= 0.6 is 0 Å². The first kappa shape index (κ1) is 14.2. The summed E-state index contributed by atoms with van der Waals surface area (Å²) in [5.74, 6) is -0.176. The summed E-state index contributed by atoms with van der Waals surface area (Å²) >= 11 is 0. The molecule has 3 aromatic rings. The molecule has 0 spiro atoms. The first-order chi connectivity index (χ1) is 11.3. The lowest BCUT2D eigenvalue weighted by atomic mass is 10.2. The molecule has 5 heteroatoms. The van der Waals surface area contributed by atoms with Crippen LogP contribution in [0.3, 0.4) is 0 Å². The second-order valence-electron chi connectivity index (χ2n) is 6.09. The fourth-order valence-corrected chi connectivity index (χ4v) is 3.24. The second kappa shape index (κ2) is 6.01. The van der Waals surface area contributed by atoms with E-state index < -0.39 is 0 Å². The third-order valence-corrected chi connectivity index (χ3v) is 4.51. The Balaban J connectivity index is 1.38. The minimum Gasteiger partial charge on any atom is -0.360 e. The zero-order valence-electron chi connectivity index (χ0n) is 13.0. The van der Waals surface area contributed by atoms with Gasteiger partial charge in [-0.25, -0.2) is 9.37 Å². The highest BCUT2D eigenvalue weighted by Gasteiger charge is 2.21. The Morgan fingerprint density at radius 3 is 2.57 bits per heavy atom. The number of imidazole rings is 1. The van der Waals surface area contributed by atoms with Gasteiger partial charge in [-0.2, -0.15) is 0 Å². The molecular weight excluding hydrogens is 291 g/mol. The van der Waals surface area contributed by atoms with Crippen LogP contribution in [-0.4, -0.2) is 35.6 Å². The summed E-state index contributed by atoms with van der Waals surface area (Å²) in [5.41, 5.74) is 3.26. The number of halogens is 1. The van der Waals surface area contributed by atoms with Crippen LogP contribution in [0.25, 0.3) is 5.65 Å². The number of quaternary nitrogens is 1. The normalized spacial score (nSPS) is 16.1. The maximum absolute atomic E-state index is 13.0. The smallest absolute Gasteiger partial charge is 0.137 e. The van der Waals surface area contributed by atoms with Crippen LogP contribution in [-0.2, 0) is 6.54 Å². The van der Waals surface area contributed by atoms with E-state index in [-0.39, 0.29) is 5.82 Å². The van der Waals surface area contributed by atoms with Crippen molar-refractivity contribution in [3.05, 3.63) is 66.4 Å². The number of nitrogens with one attached hydrogen (secondary N) is 1. The molecule has 1 aliphatic rings. The van der Waals surface area contributed by atoms with Crippen LogP contribution in [0.4, 0.5) is 10.1 Å². The number of pyridine rings is 1. The average Bonchev–Trinajstić information content (AvgIpc) is 2.98. The van der Waals surface area contributed by atoms with Crippen LogP contribution in [0.1, 0.15) is 5.69 Å². The lowest BCUT2D eigenvalue weighted by Gasteiger charge is -2.33. The first-order valence-electron chi connectivity index (χ1n) is 8.05. The van der Waals surface area contributed by atoms with Crippen molar-refractivity contribution in [3.8, 4) is 0 Å². The Morgan fingerprint density at radius 1 is 1.04 bits per heavy atom. The van der Waals surface area contributed by atoms with Crippen LogP contribution < -0.4 is 9.80 Å². The number of hydrogen-bond donors (Lipinski definition) is 1. The van der Waals surface area contributed by atoms with Gasteiger partial charge in [0.2, 0.25) is 0 Å². The van der Waals surface area contributed by atoms with Gasteiger partial charge in [-0.05, 0) is 36.4 Å². The number of rotatable bonds is 3. The van der Waals surface area contributed by atoms with Crippen molar-refractivity contribution in [2.45, 2.75) is 6.54 Å². The van der Waals surface area contributed by atoms with E-state index in [0.29, 0.717) is 0 Å². The van der Waals surface area contributed by atoms with E-state index in [1.54, 1.807) is 4.90 Å². The van der Waals surface area contributed by atoms with E-state index >= 15 is 0 Å². The third-order valence-electron chi connectivity index (χ3n) is 4.51. The Morgan fingerprint density at radius 2 is 1.83 bits per heavy atom. The number of hydrogen-bond acceptors (Lipinski definition) is 2. The lowest BCUT2D eigenvalue weighted by Crippen LogP contribution is -3.13. The van der Waals surface area contributed by atoms with Gasteiger partial charge in [-0.15, -0.1) is 0 Å². The fourth-order valence-electron chi connectivity index (χ4n) is 3.24. The fraction of sp³-hybridized carbons (Fsp3) is 0.278. The Bertz CT molecular complexity index is 755. The van der Waals surface area contributed by atoms with Gasteiger partial charge in [0.25, 0.3) is 0 Å². The van der Waals surface area contributed by atoms with E-state index in [1.807, 2.05) is 36.5 Å². The van der Waals surface area contributed by atoms with Crippen LogP contribution in [0.5, 0.6) is 0 Å². The van der Waals surface area contributed by atoms with E-state index in [0.717, 1.165) is 49.8 Å². The zero-order chi connectivity index (χ0) is 15.6. The quantitative estimate of drug-likeness (QED) is 0.790. The third kappa shape index (κ3) is 3.05. The van der Waals surface area contributed by atoms with Crippen molar-refractivity contribution < 1.29 is 9.29 Å². The molecule has 0 bridgehead atoms. The van der Waals surface area contributed by atoms with Crippen molar-refractivity contribution in [1.29, 1.82) is 0 Å². The molecule has 1 N–H and O–H groups in total. The summed E-state index contributed by atoms with van der Waals surface area (Å²) in [6.45, 7) is 5.10. The van der Waals surface area contributed by atoms with Crippen LogP contribution in [0, 0.1) is 5.82 Å². The monoisotopic (exact) mass is 311 g/mol. The lowest BCUT2D eigenvalue weighted by molar-refractivity contribution is -0.914. The molecule has 4 rings (SSSR count). The molecule has 1 aromatic carbocycles. The molecule has 4 nitrogen and oxygen atoms in total. The molecule has 3 heterocycles. The predicted octanol–water partition coefficient (Wildman–Crippen LogP) is 1.38. The van der Waals surface area contributed by atoms with Gasteiger partial charge in [0.05, 0.1) is 26.2 Å². The standard InChI is InChI=1S/C18H19FN4/c19-15-4-6-17(7-5-15)22-11-9-21(10-12-22)13-16-14-23-8-2-1-3-18(23)20-16/h1-8,14H,9-13H2/p+1. The predicted molar refractivity (Wildman–Crippen MR) is 88.2 cm³/mol. The molecule has 0 radical (unpaired) electrons. The maximum Gasteiger partial charge on any atom is 0.137 e. The molecule has 2 aromatic heterocycles. The molecule has 0 amide bonds. The maximum atomic E-state index is 13.0. The van der Waals surface area contributed by atoms with Gasteiger partial charge in [-0.3, -0.25) is 0 Å². The largest absolute Gasteiger partial charge is 0.360 e. The minimum atomic E-state index is -0.176. The van der Waals surface area contributed by atoms with Gasteiger partial charge < -0.3 is 14.2 Å². The Hall–Kier alpha value is -2.40. The first-order valence-corrected chi connectivity index (χ1v) is 8.05. The topological polar surface area (TPSA) is 25.0 Å². The highest BCUT2D eigenvalue weighted by atomic mass is 19.1. The summed E-state index contributed by atoms with van der Waals surface area (Å²) in [6, 6.07) is 12.9. The summed E-state index contributed by atoms with van der Waals surface area (Å²) < 4.78 is 15.1. The molecular formula is C18H20FN4+. The SMILES string of the molecule is Fc1ccc(N2CC[NH+](Cc3cn4ccccc4n3)CC2)cc1. The van der Waals surface area contributed by atoms with Gasteiger partial charge in [0, 0.05) is 18.1 Å². The minimum absolute atomic E-state index is 0.176. The molecule has 1 fully saturated rings. The van der Waals surface area contributed by atoms with Crippen LogP contribution in [0.2, 0.25) is 0 Å². The van der Waals surface area contributed by atoms with Crippen LogP contribution in [0.15, 0.2) is 54.9 Å². The average molecular weight is 311 g/mol. The van der Waals surface area contributed by atoms with Gasteiger partial charge in [-0.1, -0.05) is 6.07 Å². The molecule has 0 unspecified atom stereocenters. The second-order valence-corrected chi connectivity index (χ2v) is 6.09. The molecule has 0 aliphatic carbocycles. The Kier molecular flexibility index (Phi) is 3.71. The van der Waals surface area contributed by atoms with Gasteiger partial charge >= 0.3 is 0 Å². The number of aromatic nitrogens is 2. The molecule has 0 saturated carbocycles. The molecule has 1 saturated heterocycles. The molecule has 23 heavy (non-hydrogen) atoms. The summed E-state index contributed by atoms with van der Waals surface area (Å²) in [6.07, 6.45) is 4.16. The number of nitrogens with zero attached hydrogens (tertiary/aromatic N) is 3. The summed E-state index contributed by atoms with van der Waals surface area (Å²) in [4.78, 5) is 8.55. The molecule has 1 aliphatic heterocycles. The molecule has 118 valence electrons. The Labute approximate surface area is 134 Å².